The van der Waals surface area contributed by atoms with Gasteiger partial charge in [-0.25, -0.2) is 4.98 Å². The van der Waals surface area contributed by atoms with Crippen LogP contribution in [0.25, 0.3) is 22.2 Å². The molecule has 0 aromatic heterocycles. The molecule has 0 saturated heterocycles. The fourth-order valence-corrected chi connectivity index (χ4v) is 2.08. The zero-order valence-electron chi connectivity index (χ0n) is 9.64. The number of hydrogen-bond donors (Lipinski definition) is 1. The number of benzene rings is 1. The van der Waals surface area contributed by atoms with Crippen LogP contribution in [0.5, 0.6) is 5.75 Å². The number of aromatic nitrogens is 2. The van der Waals surface area contributed by atoms with Crippen LogP contribution in [0.1, 0.15) is 5.69 Å². The minimum atomic E-state index is 0.734. The van der Waals surface area contributed by atoms with E-state index in [0.717, 1.165) is 38.3 Å². The molecule has 0 fully saturated rings. The van der Waals surface area contributed by atoms with Gasteiger partial charge >= 0.3 is 0 Å². The van der Waals surface area contributed by atoms with Gasteiger partial charge in [-0.15, -0.1) is 0 Å². The Kier molecular flexibility index (Phi) is 1.98. The topological polar surface area (TPSA) is 47.3 Å². The predicted molar refractivity (Wildman–Crippen MR) is 64.8 cm³/mol. The lowest BCUT2D eigenvalue weighted by Gasteiger charge is -2.06. The van der Waals surface area contributed by atoms with Crippen molar-refractivity contribution in [2.75, 3.05) is 7.11 Å². The molecule has 17 heavy (non-hydrogen) atoms. The summed E-state index contributed by atoms with van der Waals surface area (Å²) in [5.74, 6) is 0.787. The normalized spacial score (nSPS) is 11.2. The lowest BCUT2D eigenvalue weighted by molar-refractivity contribution is 0.178. The maximum atomic E-state index is 9.60. The van der Waals surface area contributed by atoms with E-state index in [0.29, 0.717) is 0 Å². The van der Waals surface area contributed by atoms with E-state index in [1.165, 1.54) is 0 Å². The molecule has 0 spiro atoms. The highest BCUT2D eigenvalue weighted by atomic mass is 16.5. The Bertz CT molecular complexity index is 673. The van der Waals surface area contributed by atoms with Crippen LogP contribution in [0.4, 0.5) is 0 Å². The quantitative estimate of drug-likeness (QED) is 0.651. The van der Waals surface area contributed by atoms with Crippen molar-refractivity contribution in [3.05, 3.63) is 36.2 Å². The zero-order chi connectivity index (χ0) is 12.0. The summed E-state index contributed by atoms with van der Waals surface area (Å²) in [6, 6.07) is 7.67. The molecule has 0 atom stereocenters. The van der Waals surface area contributed by atoms with Crippen LogP contribution in [-0.2, 0) is 0 Å². The second-order valence-corrected chi connectivity index (χ2v) is 4.00. The molecule has 1 aromatic carbocycles. The van der Waals surface area contributed by atoms with Gasteiger partial charge in [0.2, 0.25) is 0 Å². The fourth-order valence-electron chi connectivity index (χ4n) is 2.08. The largest absolute Gasteiger partial charge is 0.497 e. The summed E-state index contributed by atoms with van der Waals surface area (Å²) < 4.78 is 6.27. The lowest BCUT2D eigenvalue weighted by atomic mass is 10.1. The SMILES string of the molecule is COc1ccc2c3ccn(O)c(C)c-3nc2c1. The third kappa shape index (κ3) is 1.34. The summed E-state index contributed by atoms with van der Waals surface area (Å²) in [5.41, 5.74) is 3.48. The third-order valence-electron chi connectivity index (χ3n) is 3.05. The first-order valence-electron chi connectivity index (χ1n) is 5.35. The van der Waals surface area contributed by atoms with Gasteiger partial charge in [0.05, 0.1) is 24.0 Å². The Morgan fingerprint density at radius 2 is 2.12 bits per heavy atom. The van der Waals surface area contributed by atoms with Gasteiger partial charge in [-0.3, -0.25) is 0 Å². The smallest absolute Gasteiger partial charge is 0.121 e. The summed E-state index contributed by atoms with van der Waals surface area (Å²) in [6.45, 7) is 1.84. The molecule has 0 radical (unpaired) electrons. The first-order valence-corrected chi connectivity index (χ1v) is 5.35. The molecule has 0 amide bonds. The molecule has 2 aliphatic rings. The van der Waals surface area contributed by atoms with Gasteiger partial charge < -0.3 is 9.94 Å². The number of fused-ring (bicyclic) bond motifs is 3. The molecule has 0 aliphatic carbocycles. The van der Waals surface area contributed by atoms with Crippen LogP contribution >= 0.6 is 0 Å². The standard InChI is InChI=1S/C13H12N2O2/c1-8-13-11(5-6-15(8)16)10-4-3-9(17-2)7-12(10)14-13/h3-7,16H,1-2H3. The number of ether oxygens (including phenoxy) is 1. The van der Waals surface area contributed by atoms with E-state index in [-0.39, 0.29) is 0 Å². The van der Waals surface area contributed by atoms with Crippen LogP contribution in [-0.4, -0.2) is 22.0 Å². The molecule has 1 aromatic rings. The van der Waals surface area contributed by atoms with Gasteiger partial charge in [0.1, 0.15) is 5.75 Å². The summed E-state index contributed by atoms with van der Waals surface area (Å²) >= 11 is 0. The molecule has 4 nitrogen and oxygen atoms in total. The molecular formula is C13H12N2O2. The van der Waals surface area contributed by atoms with Crippen molar-refractivity contribution in [2.45, 2.75) is 6.92 Å². The number of pyridine rings is 1. The second-order valence-electron chi connectivity index (χ2n) is 4.00. The molecule has 1 N–H and O–H groups in total. The molecule has 86 valence electrons. The van der Waals surface area contributed by atoms with Crippen molar-refractivity contribution in [1.29, 1.82) is 0 Å². The summed E-state index contributed by atoms with van der Waals surface area (Å²) in [7, 11) is 1.64. The monoisotopic (exact) mass is 228 g/mol. The molecule has 0 saturated carbocycles. The number of nitrogens with zero attached hydrogens (tertiary/aromatic N) is 2. The van der Waals surface area contributed by atoms with Gasteiger partial charge in [0.15, 0.2) is 0 Å². The van der Waals surface area contributed by atoms with Gasteiger partial charge in [0.25, 0.3) is 0 Å². The first-order chi connectivity index (χ1) is 8.20. The van der Waals surface area contributed by atoms with Crippen molar-refractivity contribution < 1.29 is 9.94 Å². The number of rotatable bonds is 1. The molecule has 2 aliphatic heterocycles. The van der Waals surface area contributed by atoms with Crippen LogP contribution in [0.3, 0.4) is 0 Å². The average molecular weight is 228 g/mol. The Morgan fingerprint density at radius 3 is 2.88 bits per heavy atom. The predicted octanol–water partition coefficient (Wildman–Crippen LogP) is 2.70. The van der Waals surface area contributed by atoms with Crippen molar-refractivity contribution in [3.8, 4) is 17.0 Å². The van der Waals surface area contributed by atoms with E-state index < -0.39 is 0 Å². The second kappa shape index (κ2) is 3.38. The van der Waals surface area contributed by atoms with Crippen LogP contribution in [0, 0.1) is 6.92 Å². The van der Waals surface area contributed by atoms with Gasteiger partial charge in [-0.2, -0.15) is 4.73 Å². The first kappa shape index (κ1) is 9.96. The lowest BCUT2D eigenvalue weighted by Crippen LogP contribution is -1.99. The van der Waals surface area contributed by atoms with Crippen LogP contribution in [0.2, 0.25) is 0 Å². The molecule has 4 heteroatoms. The zero-order valence-corrected chi connectivity index (χ0v) is 9.64. The molecule has 0 bridgehead atoms. The Balaban J connectivity index is 2.40. The molecule has 2 heterocycles. The van der Waals surface area contributed by atoms with Crippen molar-refractivity contribution in [1.82, 2.24) is 9.71 Å². The Labute approximate surface area is 98.4 Å². The number of hydrogen-bond acceptors (Lipinski definition) is 3. The highest BCUT2D eigenvalue weighted by Gasteiger charge is 2.16. The van der Waals surface area contributed by atoms with E-state index in [1.807, 2.05) is 31.2 Å². The Morgan fingerprint density at radius 1 is 1.29 bits per heavy atom. The fraction of sp³-hybridized carbons (Fsp3) is 0.154. The highest BCUT2D eigenvalue weighted by molar-refractivity contribution is 5.98. The minimum Gasteiger partial charge on any atom is -0.497 e. The van der Waals surface area contributed by atoms with Crippen LogP contribution < -0.4 is 4.74 Å². The molecule has 0 unspecified atom stereocenters. The van der Waals surface area contributed by atoms with Gasteiger partial charge in [-0.05, 0) is 25.1 Å². The van der Waals surface area contributed by atoms with E-state index in [2.05, 4.69) is 4.98 Å². The molecular weight excluding hydrogens is 216 g/mol. The highest BCUT2D eigenvalue weighted by Crippen LogP contribution is 2.34. The minimum absolute atomic E-state index is 0.734. The summed E-state index contributed by atoms with van der Waals surface area (Å²) in [4.78, 5) is 4.52. The average Bonchev–Trinajstić information content (AvgIpc) is 2.72. The Hall–Kier alpha value is -2.23. The maximum absolute atomic E-state index is 9.60. The maximum Gasteiger partial charge on any atom is 0.121 e. The van der Waals surface area contributed by atoms with E-state index >= 15 is 0 Å². The number of methoxy groups -OCH3 is 1. The van der Waals surface area contributed by atoms with Gasteiger partial charge in [0, 0.05) is 23.2 Å². The third-order valence-corrected chi connectivity index (χ3v) is 3.05. The van der Waals surface area contributed by atoms with E-state index in [4.69, 9.17) is 4.74 Å². The molecule has 3 rings (SSSR count). The van der Waals surface area contributed by atoms with Crippen molar-refractivity contribution in [3.63, 3.8) is 0 Å². The van der Waals surface area contributed by atoms with Crippen molar-refractivity contribution >= 4 is 10.9 Å². The van der Waals surface area contributed by atoms with E-state index in [9.17, 15) is 5.21 Å². The van der Waals surface area contributed by atoms with Crippen molar-refractivity contribution in [2.24, 2.45) is 0 Å². The summed E-state index contributed by atoms with van der Waals surface area (Å²) in [6.07, 6.45) is 1.63. The van der Waals surface area contributed by atoms with Crippen LogP contribution in [0.15, 0.2) is 30.5 Å². The van der Waals surface area contributed by atoms with Gasteiger partial charge in [-0.1, -0.05) is 0 Å². The summed E-state index contributed by atoms with van der Waals surface area (Å²) in [5, 5.41) is 10.7. The van der Waals surface area contributed by atoms with E-state index in [1.54, 1.807) is 13.3 Å².